The molecular formula is C11H15BrN2O2. The van der Waals surface area contributed by atoms with Crippen molar-refractivity contribution in [1.29, 1.82) is 0 Å². The third-order valence-electron chi connectivity index (χ3n) is 1.91. The van der Waals surface area contributed by atoms with E-state index in [1.54, 1.807) is 0 Å². The number of aliphatic hydroxyl groups excluding tert-OH is 1. The third kappa shape index (κ3) is 5.25. The Labute approximate surface area is 103 Å². The molecule has 0 aliphatic heterocycles. The topological polar surface area (TPSA) is 61.4 Å². The van der Waals surface area contributed by atoms with Crippen molar-refractivity contribution < 1.29 is 9.90 Å². The van der Waals surface area contributed by atoms with Gasteiger partial charge in [0, 0.05) is 16.8 Å². The van der Waals surface area contributed by atoms with Crippen molar-refractivity contribution in [3.05, 3.63) is 28.7 Å². The van der Waals surface area contributed by atoms with Gasteiger partial charge >= 0.3 is 0 Å². The second kappa shape index (κ2) is 7.38. The molecule has 0 fully saturated rings. The van der Waals surface area contributed by atoms with Gasteiger partial charge in [0.2, 0.25) is 5.91 Å². The molecule has 0 bridgehead atoms. The first-order valence-electron chi connectivity index (χ1n) is 5.09. The number of halogens is 1. The summed E-state index contributed by atoms with van der Waals surface area (Å²) in [6.07, 6.45) is 0.657. The number of hydrogen-bond acceptors (Lipinski definition) is 3. The van der Waals surface area contributed by atoms with Gasteiger partial charge in [-0.1, -0.05) is 22.0 Å². The molecule has 0 saturated heterocycles. The van der Waals surface area contributed by atoms with E-state index in [0.717, 1.165) is 10.2 Å². The Kier molecular flexibility index (Phi) is 6.07. The summed E-state index contributed by atoms with van der Waals surface area (Å²) in [5.74, 6) is -0.0870. The van der Waals surface area contributed by atoms with Crippen LogP contribution in [0.25, 0.3) is 0 Å². The summed E-state index contributed by atoms with van der Waals surface area (Å²) in [5, 5.41) is 14.3. The molecular weight excluding hydrogens is 272 g/mol. The second-order valence-corrected chi connectivity index (χ2v) is 4.23. The van der Waals surface area contributed by atoms with E-state index in [4.69, 9.17) is 5.11 Å². The molecule has 0 heterocycles. The highest BCUT2D eigenvalue weighted by Gasteiger charge is 2.01. The van der Waals surface area contributed by atoms with Crippen LogP contribution in [0.4, 0.5) is 5.69 Å². The van der Waals surface area contributed by atoms with E-state index < -0.39 is 0 Å². The van der Waals surface area contributed by atoms with Crippen LogP contribution in [-0.2, 0) is 4.79 Å². The van der Waals surface area contributed by atoms with Crippen LogP contribution in [-0.4, -0.2) is 30.7 Å². The number of rotatable bonds is 6. The van der Waals surface area contributed by atoms with Crippen LogP contribution in [0, 0.1) is 0 Å². The monoisotopic (exact) mass is 286 g/mol. The molecule has 1 aromatic rings. The highest BCUT2D eigenvalue weighted by molar-refractivity contribution is 9.10. The quantitative estimate of drug-likeness (QED) is 0.692. The lowest BCUT2D eigenvalue weighted by molar-refractivity contribution is -0.115. The normalized spacial score (nSPS) is 10.1. The maximum Gasteiger partial charge on any atom is 0.238 e. The van der Waals surface area contributed by atoms with Crippen molar-refractivity contribution >= 4 is 27.5 Å². The van der Waals surface area contributed by atoms with E-state index in [0.29, 0.717) is 13.0 Å². The van der Waals surface area contributed by atoms with E-state index in [-0.39, 0.29) is 19.1 Å². The van der Waals surface area contributed by atoms with Gasteiger partial charge in [-0.15, -0.1) is 0 Å². The average molecular weight is 287 g/mol. The first-order chi connectivity index (χ1) is 7.72. The van der Waals surface area contributed by atoms with Crippen molar-refractivity contribution in [2.45, 2.75) is 6.42 Å². The van der Waals surface area contributed by atoms with Crippen molar-refractivity contribution in [3.63, 3.8) is 0 Å². The molecule has 1 aromatic carbocycles. The Balaban J connectivity index is 2.29. The van der Waals surface area contributed by atoms with Gasteiger partial charge in [-0.3, -0.25) is 4.79 Å². The number of amides is 1. The zero-order valence-corrected chi connectivity index (χ0v) is 10.5. The molecule has 4 nitrogen and oxygen atoms in total. The Hall–Kier alpha value is -0.910. The SMILES string of the molecule is O=C(CNCCCO)Nc1cccc(Br)c1. The molecule has 3 N–H and O–H groups in total. The van der Waals surface area contributed by atoms with Crippen molar-refractivity contribution in [3.8, 4) is 0 Å². The Morgan fingerprint density at radius 3 is 2.94 bits per heavy atom. The first-order valence-corrected chi connectivity index (χ1v) is 5.88. The van der Waals surface area contributed by atoms with Crippen LogP contribution in [0.1, 0.15) is 6.42 Å². The fraction of sp³-hybridized carbons (Fsp3) is 0.364. The van der Waals surface area contributed by atoms with Crippen molar-refractivity contribution in [1.82, 2.24) is 5.32 Å². The van der Waals surface area contributed by atoms with Crippen LogP contribution >= 0.6 is 15.9 Å². The van der Waals surface area contributed by atoms with Gasteiger partial charge in [0.05, 0.1) is 6.54 Å². The standard InChI is InChI=1S/C11H15BrN2O2/c12-9-3-1-4-10(7-9)14-11(16)8-13-5-2-6-15/h1,3-4,7,13,15H,2,5-6,8H2,(H,14,16). The van der Waals surface area contributed by atoms with E-state index in [2.05, 4.69) is 26.6 Å². The fourth-order valence-corrected chi connectivity index (χ4v) is 1.58. The summed E-state index contributed by atoms with van der Waals surface area (Å²) in [6.45, 7) is 1.04. The highest BCUT2D eigenvalue weighted by Crippen LogP contribution is 2.15. The van der Waals surface area contributed by atoms with Crippen LogP contribution in [0.2, 0.25) is 0 Å². The summed E-state index contributed by atoms with van der Waals surface area (Å²) in [6, 6.07) is 7.43. The maximum absolute atomic E-state index is 11.4. The van der Waals surface area contributed by atoms with E-state index in [1.807, 2.05) is 24.3 Å². The zero-order chi connectivity index (χ0) is 11.8. The Morgan fingerprint density at radius 1 is 1.44 bits per heavy atom. The van der Waals surface area contributed by atoms with Gasteiger partial charge in [-0.2, -0.15) is 0 Å². The van der Waals surface area contributed by atoms with Crippen molar-refractivity contribution in [2.24, 2.45) is 0 Å². The fourth-order valence-electron chi connectivity index (χ4n) is 1.18. The number of carbonyl (C=O) groups is 1. The minimum absolute atomic E-state index is 0.0870. The highest BCUT2D eigenvalue weighted by atomic mass is 79.9. The lowest BCUT2D eigenvalue weighted by Crippen LogP contribution is -2.29. The second-order valence-electron chi connectivity index (χ2n) is 3.31. The average Bonchev–Trinajstić information content (AvgIpc) is 2.24. The molecule has 0 aliphatic rings. The lowest BCUT2D eigenvalue weighted by atomic mass is 10.3. The number of benzene rings is 1. The van der Waals surface area contributed by atoms with E-state index in [9.17, 15) is 4.79 Å². The van der Waals surface area contributed by atoms with Gasteiger partial charge in [-0.25, -0.2) is 0 Å². The molecule has 0 spiro atoms. The molecule has 0 saturated carbocycles. The third-order valence-corrected chi connectivity index (χ3v) is 2.40. The summed E-state index contributed by atoms with van der Waals surface area (Å²) in [5.41, 5.74) is 0.767. The summed E-state index contributed by atoms with van der Waals surface area (Å²) >= 11 is 3.33. The first kappa shape index (κ1) is 13.2. The molecule has 0 aromatic heterocycles. The molecule has 0 atom stereocenters. The van der Waals surface area contributed by atoms with Gasteiger partial charge in [0.25, 0.3) is 0 Å². The summed E-state index contributed by atoms with van der Waals surface area (Å²) in [7, 11) is 0. The molecule has 88 valence electrons. The van der Waals surface area contributed by atoms with Gasteiger partial charge < -0.3 is 15.7 Å². The molecule has 5 heteroatoms. The number of carbonyl (C=O) groups excluding carboxylic acids is 1. The predicted molar refractivity (Wildman–Crippen MR) is 67.3 cm³/mol. The van der Waals surface area contributed by atoms with E-state index in [1.165, 1.54) is 0 Å². The molecule has 1 amide bonds. The number of hydrogen-bond donors (Lipinski definition) is 3. The van der Waals surface area contributed by atoms with Crippen LogP contribution < -0.4 is 10.6 Å². The predicted octanol–water partition coefficient (Wildman–Crippen LogP) is 1.36. The molecule has 0 radical (unpaired) electrons. The minimum Gasteiger partial charge on any atom is -0.396 e. The molecule has 0 unspecified atom stereocenters. The van der Waals surface area contributed by atoms with Gasteiger partial charge in [-0.05, 0) is 31.2 Å². The zero-order valence-electron chi connectivity index (χ0n) is 8.87. The maximum atomic E-state index is 11.4. The Morgan fingerprint density at radius 2 is 2.25 bits per heavy atom. The largest absolute Gasteiger partial charge is 0.396 e. The number of aliphatic hydroxyl groups is 1. The van der Waals surface area contributed by atoms with E-state index >= 15 is 0 Å². The number of nitrogens with one attached hydrogen (secondary N) is 2. The summed E-state index contributed by atoms with van der Waals surface area (Å²) < 4.78 is 0.929. The van der Waals surface area contributed by atoms with Crippen LogP contribution in [0.15, 0.2) is 28.7 Å². The molecule has 0 aliphatic carbocycles. The van der Waals surface area contributed by atoms with Gasteiger partial charge in [0.1, 0.15) is 0 Å². The van der Waals surface area contributed by atoms with Crippen LogP contribution in [0.3, 0.4) is 0 Å². The van der Waals surface area contributed by atoms with Crippen LogP contribution in [0.5, 0.6) is 0 Å². The number of anilines is 1. The smallest absolute Gasteiger partial charge is 0.238 e. The summed E-state index contributed by atoms with van der Waals surface area (Å²) in [4.78, 5) is 11.4. The lowest BCUT2D eigenvalue weighted by Gasteiger charge is -2.06. The van der Waals surface area contributed by atoms with Gasteiger partial charge in [0.15, 0.2) is 0 Å². The molecule has 1 rings (SSSR count). The molecule has 16 heavy (non-hydrogen) atoms. The minimum atomic E-state index is -0.0870. The Bertz CT molecular complexity index is 345. The van der Waals surface area contributed by atoms with Crippen molar-refractivity contribution in [2.75, 3.05) is 25.0 Å².